The molecule has 0 heterocycles. The first-order valence-corrected chi connectivity index (χ1v) is 5.51. The van der Waals surface area contributed by atoms with Crippen molar-refractivity contribution in [3.8, 4) is 5.75 Å². The Bertz CT molecular complexity index is 345. The maximum Gasteiger partial charge on any atom is 0.158 e. The summed E-state index contributed by atoms with van der Waals surface area (Å²) in [7, 11) is 0. The highest BCUT2D eigenvalue weighted by atomic mass is 35.5. The van der Waals surface area contributed by atoms with Gasteiger partial charge in [0.05, 0.1) is 5.71 Å². The van der Waals surface area contributed by atoms with Crippen molar-refractivity contribution >= 4 is 17.3 Å². The molecule has 88 valence electrons. The number of hydrogen-bond donors (Lipinski definition) is 0. The number of rotatable bonds is 5. The third kappa shape index (κ3) is 5.03. The van der Waals surface area contributed by atoms with Crippen molar-refractivity contribution in [3.05, 3.63) is 29.3 Å². The fourth-order valence-corrected chi connectivity index (χ4v) is 1.10. The quantitative estimate of drug-likeness (QED) is 0.583. The summed E-state index contributed by atoms with van der Waals surface area (Å²) in [5.74, 6) is 0.775. The summed E-state index contributed by atoms with van der Waals surface area (Å²) in [5, 5.41) is 4.56. The van der Waals surface area contributed by atoms with E-state index >= 15 is 0 Å². The zero-order valence-electron chi connectivity index (χ0n) is 9.74. The number of oxime groups is 1. The lowest BCUT2D eigenvalue weighted by Crippen LogP contribution is -2.16. The first-order chi connectivity index (χ1) is 7.58. The van der Waals surface area contributed by atoms with E-state index in [2.05, 4.69) is 5.16 Å². The minimum absolute atomic E-state index is 0.0782. The molecule has 0 aliphatic heterocycles. The maximum absolute atomic E-state index is 5.76. The standard InChI is InChI=1S/C12H16ClNO2/c1-9(2)14-16-10(3)8-15-12-6-4-11(13)5-7-12/h4-7,10H,8H2,1-3H3. The lowest BCUT2D eigenvalue weighted by Gasteiger charge is -2.11. The van der Waals surface area contributed by atoms with Gasteiger partial charge in [0.2, 0.25) is 0 Å². The van der Waals surface area contributed by atoms with Crippen LogP contribution < -0.4 is 4.74 Å². The number of nitrogens with zero attached hydrogens (tertiary/aromatic N) is 1. The van der Waals surface area contributed by atoms with Crippen molar-refractivity contribution < 1.29 is 9.57 Å². The molecule has 0 saturated carbocycles. The molecule has 3 nitrogen and oxygen atoms in total. The monoisotopic (exact) mass is 241 g/mol. The molecular weight excluding hydrogens is 226 g/mol. The normalized spacial score (nSPS) is 11.8. The van der Waals surface area contributed by atoms with E-state index in [1.165, 1.54) is 0 Å². The van der Waals surface area contributed by atoms with Gasteiger partial charge in [-0.3, -0.25) is 0 Å². The summed E-state index contributed by atoms with van der Waals surface area (Å²) in [5.41, 5.74) is 0.887. The van der Waals surface area contributed by atoms with E-state index in [1.54, 1.807) is 12.1 Å². The highest BCUT2D eigenvalue weighted by Crippen LogP contribution is 2.15. The van der Waals surface area contributed by atoms with Crippen LogP contribution in [0.1, 0.15) is 20.8 Å². The second kappa shape index (κ2) is 6.38. The van der Waals surface area contributed by atoms with Crippen LogP contribution >= 0.6 is 11.6 Å². The van der Waals surface area contributed by atoms with Crippen LogP contribution in [0.2, 0.25) is 5.02 Å². The summed E-state index contributed by atoms with van der Waals surface area (Å²) in [6, 6.07) is 7.22. The molecule has 0 N–H and O–H groups in total. The SMILES string of the molecule is CC(C)=NOC(C)COc1ccc(Cl)cc1. The Morgan fingerprint density at radius 3 is 2.50 bits per heavy atom. The Kier molecular flexibility index (Phi) is 5.12. The topological polar surface area (TPSA) is 30.8 Å². The lowest BCUT2D eigenvalue weighted by molar-refractivity contribution is 0.0364. The number of hydrogen-bond acceptors (Lipinski definition) is 3. The van der Waals surface area contributed by atoms with Gasteiger partial charge >= 0.3 is 0 Å². The molecule has 0 saturated heterocycles. The van der Waals surface area contributed by atoms with Gasteiger partial charge in [-0.25, -0.2) is 0 Å². The van der Waals surface area contributed by atoms with E-state index in [-0.39, 0.29) is 6.10 Å². The molecule has 1 atom stereocenters. The van der Waals surface area contributed by atoms with Crippen molar-refractivity contribution in [1.29, 1.82) is 0 Å². The van der Waals surface area contributed by atoms with Gasteiger partial charge in [-0.1, -0.05) is 16.8 Å². The summed E-state index contributed by atoms with van der Waals surface area (Å²) in [4.78, 5) is 5.19. The van der Waals surface area contributed by atoms with Crippen LogP contribution in [0.25, 0.3) is 0 Å². The fraction of sp³-hybridized carbons (Fsp3) is 0.417. The Morgan fingerprint density at radius 2 is 1.94 bits per heavy atom. The fourth-order valence-electron chi connectivity index (χ4n) is 0.970. The number of benzene rings is 1. The molecule has 16 heavy (non-hydrogen) atoms. The van der Waals surface area contributed by atoms with Crippen LogP contribution in [0.5, 0.6) is 5.75 Å². The van der Waals surface area contributed by atoms with E-state index in [0.29, 0.717) is 11.6 Å². The molecule has 0 amide bonds. The first kappa shape index (κ1) is 12.8. The minimum atomic E-state index is -0.0782. The Morgan fingerprint density at radius 1 is 1.31 bits per heavy atom. The van der Waals surface area contributed by atoms with Crippen molar-refractivity contribution in [2.24, 2.45) is 5.16 Å². The molecule has 0 fully saturated rings. The Balaban J connectivity index is 2.34. The molecule has 0 aromatic heterocycles. The van der Waals surface area contributed by atoms with Crippen LogP contribution in [0, 0.1) is 0 Å². The van der Waals surface area contributed by atoms with Crippen molar-refractivity contribution in [3.63, 3.8) is 0 Å². The third-order valence-electron chi connectivity index (χ3n) is 1.71. The second-order valence-corrected chi connectivity index (χ2v) is 4.16. The smallest absolute Gasteiger partial charge is 0.158 e. The van der Waals surface area contributed by atoms with Gasteiger partial charge in [-0.15, -0.1) is 0 Å². The highest BCUT2D eigenvalue weighted by molar-refractivity contribution is 6.30. The molecule has 1 unspecified atom stereocenters. The van der Waals surface area contributed by atoms with Gasteiger partial charge in [0, 0.05) is 5.02 Å². The molecule has 0 aliphatic carbocycles. The maximum atomic E-state index is 5.76. The van der Waals surface area contributed by atoms with Crippen LogP contribution in [0.3, 0.4) is 0 Å². The van der Waals surface area contributed by atoms with Crippen LogP contribution in [-0.2, 0) is 4.84 Å². The minimum Gasteiger partial charge on any atom is -0.490 e. The number of halogens is 1. The molecule has 1 aromatic rings. The van der Waals surface area contributed by atoms with E-state index in [1.807, 2.05) is 32.9 Å². The molecule has 0 aliphatic rings. The largest absolute Gasteiger partial charge is 0.490 e. The Labute approximate surface area is 101 Å². The average molecular weight is 242 g/mol. The summed E-state index contributed by atoms with van der Waals surface area (Å²) >= 11 is 5.76. The molecule has 0 spiro atoms. The van der Waals surface area contributed by atoms with Crippen molar-refractivity contribution in [1.82, 2.24) is 0 Å². The van der Waals surface area contributed by atoms with E-state index < -0.39 is 0 Å². The van der Waals surface area contributed by atoms with E-state index in [4.69, 9.17) is 21.2 Å². The van der Waals surface area contributed by atoms with Crippen LogP contribution in [-0.4, -0.2) is 18.4 Å². The zero-order valence-corrected chi connectivity index (χ0v) is 10.5. The van der Waals surface area contributed by atoms with Gasteiger partial charge < -0.3 is 9.57 Å². The lowest BCUT2D eigenvalue weighted by atomic mass is 10.3. The molecule has 1 aromatic carbocycles. The van der Waals surface area contributed by atoms with Gasteiger partial charge in [-0.05, 0) is 45.0 Å². The van der Waals surface area contributed by atoms with Crippen molar-refractivity contribution in [2.75, 3.05) is 6.61 Å². The molecule has 4 heteroatoms. The van der Waals surface area contributed by atoms with Gasteiger partial charge in [-0.2, -0.15) is 0 Å². The number of ether oxygens (including phenoxy) is 1. The van der Waals surface area contributed by atoms with Crippen LogP contribution in [0.4, 0.5) is 0 Å². The summed E-state index contributed by atoms with van der Waals surface area (Å²) < 4.78 is 5.50. The predicted molar refractivity (Wildman–Crippen MR) is 66.3 cm³/mol. The Hall–Kier alpha value is -1.22. The van der Waals surface area contributed by atoms with Crippen LogP contribution in [0.15, 0.2) is 29.4 Å². The molecule has 0 radical (unpaired) electrons. The second-order valence-electron chi connectivity index (χ2n) is 3.72. The van der Waals surface area contributed by atoms with Gasteiger partial charge in [0.25, 0.3) is 0 Å². The highest BCUT2D eigenvalue weighted by Gasteiger charge is 2.03. The van der Waals surface area contributed by atoms with Gasteiger partial charge in [0.15, 0.2) is 6.10 Å². The van der Waals surface area contributed by atoms with E-state index in [9.17, 15) is 0 Å². The summed E-state index contributed by atoms with van der Waals surface area (Å²) in [6.07, 6.45) is -0.0782. The molecule has 0 bridgehead atoms. The average Bonchev–Trinajstić information content (AvgIpc) is 2.25. The predicted octanol–water partition coefficient (Wildman–Crippen LogP) is 3.52. The molecule has 1 rings (SSSR count). The van der Waals surface area contributed by atoms with E-state index in [0.717, 1.165) is 11.5 Å². The summed E-state index contributed by atoms with van der Waals surface area (Å²) in [6.45, 7) is 6.13. The molecular formula is C12H16ClNO2. The zero-order chi connectivity index (χ0) is 12.0. The third-order valence-corrected chi connectivity index (χ3v) is 1.97. The van der Waals surface area contributed by atoms with Gasteiger partial charge in [0.1, 0.15) is 12.4 Å². The van der Waals surface area contributed by atoms with Crippen molar-refractivity contribution in [2.45, 2.75) is 26.9 Å². The first-order valence-electron chi connectivity index (χ1n) is 5.13.